The second kappa shape index (κ2) is 6.17. The minimum atomic E-state index is -3.84. The molecule has 7 heteroatoms. The van der Waals surface area contributed by atoms with Crippen LogP contribution in [-0.2, 0) is 10.0 Å². The number of hydrogen-bond donors (Lipinski definition) is 1. The summed E-state index contributed by atoms with van der Waals surface area (Å²) < 4.78 is 22.8. The fourth-order valence-electron chi connectivity index (χ4n) is 1.54. The topological polar surface area (TPSA) is 90.1 Å². The summed E-state index contributed by atoms with van der Waals surface area (Å²) >= 11 is 1.06. The largest absolute Gasteiger partial charge is 0.293 e. The fraction of sp³-hybridized carbons (Fsp3) is 0.0769. The first-order valence-electron chi connectivity index (χ1n) is 5.67. The van der Waals surface area contributed by atoms with Gasteiger partial charge in [-0.3, -0.25) is 4.79 Å². The molecule has 0 bridgehead atoms. The number of nitrogens with two attached hydrogens (primary N) is 1. The summed E-state index contributed by atoms with van der Waals surface area (Å²) in [5, 5.41) is 5.34. The second-order valence-corrected chi connectivity index (χ2v) is 6.42. The van der Waals surface area contributed by atoms with Crippen molar-refractivity contribution in [3.8, 4) is 0 Å². The van der Waals surface area contributed by atoms with Gasteiger partial charge in [-0.2, -0.15) is 0 Å². The maximum absolute atomic E-state index is 11.9. The first-order chi connectivity index (χ1) is 9.48. The molecule has 2 rings (SSSR count). The van der Waals surface area contributed by atoms with Crippen LogP contribution in [0.1, 0.15) is 10.4 Å². The molecule has 1 aromatic heterocycles. The number of ketones is 1. The van der Waals surface area contributed by atoms with Gasteiger partial charge in [-0.25, -0.2) is 18.5 Å². The van der Waals surface area contributed by atoms with Crippen molar-refractivity contribution in [3.63, 3.8) is 0 Å². The maximum Gasteiger partial charge on any atom is 0.240 e. The molecule has 1 aromatic carbocycles. The molecule has 0 atom stereocenters. The van der Waals surface area contributed by atoms with Crippen LogP contribution in [0.2, 0.25) is 0 Å². The van der Waals surface area contributed by atoms with Crippen LogP contribution in [0.3, 0.4) is 0 Å². The van der Waals surface area contributed by atoms with E-state index in [2.05, 4.69) is 4.98 Å². The Morgan fingerprint density at radius 2 is 1.85 bits per heavy atom. The molecule has 0 unspecified atom stereocenters. The molecule has 5 nitrogen and oxygen atoms in total. The second-order valence-electron chi connectivity index (χ2n) is 3.93. The van der Waals surface area contributed by atoms with Crippen molar-refractivity contribution in [2.45, 2.75) is 9.92 Å². The predicted molar refractivity (Wildman–Crippen MR) is 77.1 cm³/mol. The zero-order chi connectivity index (χ0) is 14.6. The monoisotopic (exact) mass is 308 g/mol. The van der Waals surface area contributed by atoms with Gasteiger partial charge < -0.3 is 0 Å². The van der Waals surface area contributed by atoms with Crippen molar-refractivity contribution in [1.82, 2.24) is 4.98 Å². The molecule has 0 saturated carbocycles. The summed E-state index contributed by atoms with van der Waals surface area (Å²) in [6.45, 7) is 0. The van der Waals surface area contributed by atoms with Crippen molar-refractivity contribution in [2.75, 3.05) is 5.75 Å². The van der Waals surface area contributed by atoms with Gasteiger partial charge in [0.15, 0.2) is 5.78 Å². The highest BCUT2D eigenvalue weighted by atomic mass is 32.2. The van der Waals surface area contributed by atoms with Crippen LogP contribution in [0.15, 0.2) is 58.6 Å². The Balaban J connectivity index is 2.15. The Morgan fingerprint density at radius 3 is 2.50 bits per heavy atom. The number of Topliss-reactive ketones (excluding diaryl/α,β-unsaturated/α-hetero) is 1. The number of thioether (sulfide) groups is 1. The van der Waals surface area contributed by atoms with E-state index in [1.54, 1.807) is 24.3 Å². The lowest BCUT2D eigenvalue weighted by Crippen LogP contribution is -2.14. The Morgan fingerprint density at radius 1 is 1.15 bits per heavy atom. The van der Waals surface area contributed by atoms with E-state index >= 15 is 0 Å². The van der Waals surface area contributed by atoms with Crippen molar-refractivity contribution >= 4 is 27.6 Å². The first kappa shape index (κ1) is 14.7. The molecule has 2 aromatic rings. The van der Waals surface area contributed by atoms with E-state index in [-0.39, 0.29) is 21.5 Å². The van der Waals surface area contributed by atoms with Crippen molar-refractivity contribution < 1.29 is 13.2 Å². The van der Waals surface area contributed by atoms with Crippen LogP contribution in [-0.4, -0.2) is 24.9 Å². The van der Waals surface area contributed by atoms with Gasteiger partial charge in [-0.15, -0.1) is 0 Å². The maximum atomic E-state index is 11.9. The zero-order valence-electron chi connectivity index (χ0n) is 10.4. The predicted octanol–water partition coefficient (Wildman–Crippen LogP) is 1.70. The summed E-state index contributed by atoms with van der Waals surface area (Å²) in [6.07, 6.45) is 1.46. The molecule has 0 aliphatic rings. The Labute approximate surface area is 121 Å². The Bertz CT molecular complexity index is 715. The number of aromatic nitrogens is 1. The quantitative estimate of drug-likeness (QED) is 0.670. The highest BCUT2D eigenvalue weighted by Crippen LogP contribution is 2.23. The molecule has 0 radical (unpaired) electrons. The molecule has 0 aliphatic carbocycles. The highest BCUT2D eigenvalue weighted by Gasteiger charge is 2.16. The molecule has 0 saturated heterocycles. The lowest BCUT2D eigenvalue weighted by Gasteiger charge is -2.05. The van der Waals surface area contributed by atoms with Crippen molar-refractivity contribution in [3.05, 3.63) is 54.2 Å². The molecule has 2 N–H and O–H groups in total. The van der Waals surface area contributed by atoms with Gasteiger partial charge in [-0.05, 0) is 12.1 Å². The third-order valence-electron chi connectivity index (χ3n) is 2.48. The molecule has 0 aliphatic heterocycles. The van der Waals surface area contributed by atoms with Gasteiger partial charge in [0.25, 0.3) is 0 Å². The molecule has 0 amide bonds. The number of hydrogen-bond acceptors (Lipinski definition) is 5. The summed E-state index contributed by atoms with van der Waals surface area (Å²) in [5.74, 6) is 0.00502. The lowest BCUT2D eigenvalue weighted by atomic mass is 10.2. The smallest absolute Gasteiger partial charge is 0.240 e. The van der Waals surface area contributed by atoms with E-state index in [9.17, 15) is 13.2 Å². The zero-order valence-corrected chi connectivity index (χ0v) is 12.0. The summed E-state index contributed by atoms with van der Waals surface area (Å²) in [7, 11) is -3.84. The third kappa shape index (κ3) is 3.66. The van der Waals surface area contributed by atoms with Crippen molar-refractivity contribution in [2.24, 2.45) is 5.14 Å². The normalized spacial score (nSPS) is 11.2. The van der Waals surface area contributed by atoms with Gasteiger partial charge in [0.2, 0.25) is 10.0 Å². The molecule has 0 spiro atoms. The molecular formula is C13H12N2O3S2. The minimum Gasteiger partial charge on any atom is -0.293 e. The summed E-state index contributed by atoms with van der Waals surface area (Å²) in [6, 6.07) is 11.6. The average molecular weight is 308 g/mol. The van der Waals surface area contributed by atoms with Gasteiger partial charge in [0.1, 0.15) is 9.92 Å². The van der Waals surface area contributed by atoms with E-state index < -0.39 is 10.0 Å². The molecule has 1 heterocycles. The summed E-state index contributed by atoms with van der Waals surface area (Å²) in [4.78, 5) is 15.8. The SMILES string of the molecule is NS(=O)(=O)c1cccnc1SCC(=O)c1ccccc1. The van der Waals surface area contributed by atoms with Crippen LogP contribution in [0.25, 0.3) is 0 Å². The number of pyridine rings is 1. The molecular weight excluding hydrogens is 296 g/mol. The number of sulfonamides is 1. The number of carbonyl (C=O) groups excluding carboxylic acids is 1. The number of rotatable bonds is 5. The number of benzene rings is 1. The Hall–Kier alpha value is -1.70. The van der Waals surface area contributed by atoms with Crippen LogP contribution in [0.4, 0.5) is 0 Å². The molecule has 104 valence electrons. The number of carbonyl (C=O) groups is 1. The first-order valence-corrected chi connectivity index (χ1v) is 8.20. The standard InChI is InChI=1S/C13H12N2O3S2/c14-20(17,18)12-7-4-8-15-13(12)19-9-11(16)10-5-2-1-3-6-10/h1-8H,9H2,(H2,14,17,18). The van der Waals surface area contributed by atoms with E-state index in [4.69, 9.17) is 5.14 Å². The minimum absolute atomic E-state index is 0.0640. The molecule has 0 fully saturated rings. The lowest BCUT2D eigenvalue weighted by molar-refractivity contribution is 0.102. The van der Waals surface area contributed by atoms with Crippen LogP contribution in [0, 0.1) is 0 Å². The van der Waals surface area contributed by atoms with E-state index in [1.165, 1.54) is 18.3 Å². The van der Waals surface area contributed by atoms with Crippen LogP contribution in [0.5, 0.6) is 0 Å². The van der Waals surface area contributed by atoms with Crippen LogP contribution < -0.4 is 5.14 Å². The van der Waals surface area contributed by atoms with E-state index in [0.29, 0.717) is 5.56 Å². The average Bonchev–Trinajstić information content (AvgIpc) is 2.45. The number of primary sulfonamides is 1. The van der Waals surface area contributed by atoms with Gasteiger partial charge in [-0.1, -0.05) is 42.1 Å². The van der Waals surface area contributed by atoms with Crippen LogP contribution >= 0.6 is 11.8 Å². The van der Waals surface area contributed by atoms with Gasteiger partial charge in [0.05, 0.1) is 5.75 Å². The van der Waals surface area contributed by atoms with Gasteiger partial charge in [0, 0.05) is 11.8 Å². The third-order valence-corrected chi connectivity index (χ3v) is 4.56. The van der Waals surface area contributed by atoms with Gasteiger partial charge >= 0.3 is 0 Å². The fourth-order valence-corrected chi connectivity index (χ4v) is 3.41. The summed E-state index contributed by atoms with van der Waals surface area (Å²) in [5.41, 5.74) is 0.577. The molecule has 20 heavy (non-hydrogen) atoms. The van der Waals surface area contributed by atoms with E-state index in [0.717, 1.165) is 11.8 Å². The Kier molecular flexibility index (Phi) is 4.53. The van der Waals surface area contributed by atoms with Crippen molar-refractivity contribution in [1.29, 1.82) is 0 Å². The highest BCUT2D eigenvalue weighted by molar-refractivity contribution is 8.00. The van der Waals surface area contributed by atoms with E-state index in [1.807, 2.05) is 6.07 Å². The number of nitrogens with zero attached hydrogens (tertiary/aromatic N) is 1.